The average Bonchev–Trinajstić information content (AvgIpc) is 2.13. The fourth-order valence-electron chi connectivity index (χ4n) is 0.756. The molecule has 4 heteroatoms. The van der Waals surface area contributed by atoms with Crippen LogP contribution in [0.25, 0.3) is 0 Å². The lowest BCUT2D eigenvalue weighted by molar-refractivity contribution is -0.124. The number of thioether (sulfide) groups is 1. The van der Waals surface area contributed by atoms with E-state index in [0.717, 1.165) is 0 Å². The molecular weight excluding hydrogens is 150 g/mol. The lowest BCUT2D eigenvalue weighted by atomic mass is 10.4. The summed E-state index contributed by atoms with van der Waals surface area (Å²) < 4.78 is 0. The molecule has 1 unspecified atom stereocenters. The van der Waals surface area contributed by atoms with Gasteiger partial charge in [-0.25, -0.2) is 0 Å². The van der Waals surface area contributed by atoms with Gasteiger partial charge in [-0.05, 0) is 5.41 Å². The highest BCUT2D eigenvalue weighted by Crippen LogP contribution is 2.19. The van der Waals surface area contributed by atoms with E-state index < -0.39 is 0 Å². The molecule has 0 aromatic carbocycles. The van der Waals surface area contributed by atoms with Crippen LogP contribution >= 0.6 is 11.8 Å². The minimum Gasteiger partial charge on any atom is -0.295 e. The summed E-state index contributed by atoms with van der Waals surface area (Å²) in [5.74, 6) is -0.390. The van der Waals surface area contributed by atoms with Gasteiger partial charge in [-0.2, -0.15) is 0 Å². The maximum Gasteiger partial charge on any atom is 0.240 e. The maximum absolute atomic E-state index is 10.8. The largest absolute Gasteiger partial charge is 0.295 e. The van der Waals surface area contributed by atoms with E-state index in [1.165, 1.54) is 11.8 Å². The molecule has 0 saturated carbocycles. The van der Waals surface area contributed by atoms with Crippen molar-refractivity contribution < 1.29 is 9.59 Å². The molecule has 1 N–H and O–H groups in total. The predicted octanol–water partition coefficient (Wildman–Crippen LogP) is 0.278. The molecular formula is C6H7NO2S. The van der Waals surface area contributed by atoms with Crippen molar-refractivity contribution in [2.45, 2.75) is 11.7 Å². The third kappa shape index (κ3) is 1.39. The molecule has 0 bridgehead atoms. The second kappa shape index (κ2) is 2.88. The molecule has 2 amide bonds. The van der Waals surface area contributed by atoms with Gasteiger partial charge in [0.05, 0.1) is 5.25 Å². The molecule has 0 aromatic heterocycles. The average molecular weight is 157 g/mol. The number of carbonyl (C=O) groups is 2. The molecule has 1 atom stereocenters. The number of nitrogens with one attached hydrogen (secondary N) is 1. The van der Waals surface area contributed by atoms with Crippen molar-refractivity contribution in [3.05, 3.63) is 12.0 Å². The first-order chi connectivity index (χ1) is 4.74. The highest BCUT2D eigenvalue weighted by atomic mass is 32.2. The van der Waals surface area contributed by atoms with E-state index in [0.29, 0.717) is 0 Å². The quantitative estimate of drug-likeness (QED) is 0.585. The minimum atomic E-state index is -0.245. The van der Waals surface area contributed by atoms with Crippen LogP contribution in [0, 0.1) is 0 Å². The highest BCUT2D eigenvalue weighted by molar-refractivity contribution is 8.03. The van der Waals surface area contributed by atoms with E-state index in [4.69, 9.17) is 0 Å². The van der Waals surface area contributed by atoms with Crippen LogP contribution in [-0.2, 0) is 9.59 Å². The number of imide groups is 1. The molecule has 0 spiro atoms. The van der Waals surface area contributed by atoms with Gasteiger partial charge in [0.2, 0.25) is 11.8 Å². The Morgan fingerprint density at radius 3 is 2.80 bits per heavy atom. The summed E-state index contributed by atoms with van der Waals surface area (Å²) >= 11 is 1.28. The number of amides is 2. The van der Waals surface area contributed by atoms with E-state index in [1.54, 1.807) is 5.41 Å². The Labute approximate surface area is 62.9 Å². The summed E-state index contributed by atoms with van der Waals surface area (Å²) in [5, 5.41) is 3.53. The Kier molecular flexibility index (Phi) is 2.11. The molecule has 1 fully saturated rings. The molecule has 1 heterocycles. The fourth-order valence-corrected chi connectivity index (χ4v) is 1.42. The van der Waals surface area contributed by atoms with Crippen LogP contribution in [0.3, 0.4) is 0 Å². The van der Waals surface area contributed by atoms with Crippen LogP contribution in [0.15, 0.2) is 12.0 Å². The molecule has 0 aliphatic carbocycles. The number of hydrogen-bond donors (Lipinski definition) is 1. The molecule has 0 aromatic rings. The van der Waals surface area contributed by atoms with Crippen molar-refractivity contribution in [2.75, 3.05) is 0 Å². The third-order valence-corrected chi connectivity index (χ3v) is 2.09. The van der Waals surface area contributed by atoms with Crippen LogP contribution in [-0.4, -0.2) is 17.1 Å². The van der Waals surface area contributed by atoms with Crippen molar-refractivity contribution in [1.29, 1.82) is 0 Å². The molecule has 3 nitrogen and oxygen atoms in total. The first kappa shape index (κ1) is 7.34. The van der Waals surface area contributed by atoms with E-state index in [1.807, 2.05) is 0 Å². The monoisotopic (exact) mass is 157 g/mol. The zero-order valence-corrected chi connectivity index (χ0v) is 6.11. The summed E-state index contributed by atoms with van der Waals surface area (Å²) in [5.41, 5.74) is 0. The van der Waals surface area contributed by atoms with Gasteiger partial charge < -0.3 is 0 Å². The molecule has 1 aliphatic rings. The second-order valence-corrected chi connectivity index (χ2v) is 3.08. The lowest BCUT2D eigenvalue weighted by Gasteiger charge is -1.97. The van der Waals surface area contributed by atoms with Gasteiger partial charge >= 0.3 is 0 Å². The molecule has 10 heavy (non-hydrogen) atoms. The van der Waals surface area contributed by atoms with Crippen molar-refractivity contribution in [2.24, 2.45) is 0 Å². The summed E-state index contributed by atoms with van der Waals surface area (Å²) in [6.45, 7) is 3.46. The van der Waals surface area contributed by atoms with Gasteiger partial charge in [0.1, 0.15) is 0 Å². The molecule has 0 radical (unpaired) electrons. The number of rotatable bonds is 2. The summed E-state index contributed by atoms with van der Waals surface area (Å²) in [7, 11) is 0. The Morgan fingerprint density at radius 1 is 1.70 bits per heavy atom. The highest BCUT2D eigenvalue weighted by Gasteiger charge is 2.29. The SMILES string of the molecule is C=CSC1CC(=O)NC1=O. The van der Waals surface area contributed by atoms with Gasteiger partial charge in [0.15, 0.2) is 0 Å². The van der Waals surface area contributed by atoms with Gasteiger partial charge in [0, 0.05) is 6.42 Å². The van der Waals surface area contributed by atoms with Crippen LogP contribution in [0.4, 0.5) is 0 Å². The smallest absolute Gasteiger partial charge is 0.240 e. The number of carbonyl (C=O) groups excluding carboxylic acids is 2. The van der Waals surface area contributed by atoms with Gasteiger partial charge in [-0.3, -0.25) is 14.9 Å². The first-order valence-electron chi connectivity index (χ1n) is 2.84. The van der Waals surface area contributed by atoms with Crippen LogP contribution in [0.2, 0.25) is 0 Å². The summed E-state index contributed by atoms with van der Waals surface area (Å²) in [4.78, 5) is 21.3. The molecule has 1 aliphatic heterocycles. The van der Waals surface area contributed by atoms with Crippen molar-refractivity contribution in [1.82, 2.24) is 5.32 Å². The lowest BCUT2D eigenvalue weighted by Crippen LogP contribution is -2.22. The maximum atomic E-state index is 10.8. The Morgan fingerprint density at radius 2 is 2.40 bits per heavy atom. The molecule has 1 rings (SSSR count). The Bertz CT molecular complexity index is 190. The van der Waals surface area contributed by atoms with Crippen molar-refractivity contribution in [3.8, 4) is 0 Å². The third-order valence-electron chi connectivity index (χ3n) is 1.19. The Balaban J connectivity index is 2.54. The Hall–Kier alpha value is -0.770. The first-order valence-corrected chi connectivity index (χ1v) is 3.78. The minimum absolute atomic E-state index is 0.190. The fraction of sp³-hybridized carbons (Fsp3) is 0.333. The van der Waals surface area contributed by atoms with E-state index >= 15 is 0 Å². The van der Waals surface area contributed by atoms with Gasteiger partial charge in [0.25, 0.3) is 0 Å². The van der Waals surface area contributed by atoms with E-state index in [2.05, 4.69) is 11.9 Å². The van der Waals surface area contributed by atoms with Crippen LogP contribution < -0.4 is 5.32 Å². The van der Waals surface area contributed by atoms with E-state index in [9.17, 15) is 9.59 Å². The topological polar surface area (TPSA) is 46.2 Å². The van der Waals surface area contributed by atoms with Crippen molar-refractivity contribution >= 4 is 23.6 Å². The zero-order valence-electron chi connectivity index (χ0n) is 5.29. The van der Waals surface area contributed by atoms with E-state index in [-0.39, 0.29) is 23.5 Å². The molecule has 1 saturated heterocycles. The predicted molar refractivity (Wildman–Crippen MR) is 39.3 cm³/mol. The van der Waals surface area contributed by atoms with Crippen LogP contribution in [0.5, 0.6) is 0 Å². The number of hydrogen-bond acceptors (Lipinski definition) is 3. The van der Waals surface area contributed by atoms with Crippen LogP contribution in [0.1, 0.15) is 6.42 Å². The van der Waals surface area contributed by atoms with Crippen molar-refractivity contribution in [3.63, 3.8) is 0 Å². The molecule has 54 valence electrons. The standard InChI is InChI=1S/C6H7NO2S/c1-2-10-4-3-5(8)7-6(4)9/h2,4H,1,3H2,(H,7,8,9). The van der Waals surface area contributed by atoms with Gasteiger partial charge in [-0.15, -0.1) is 11.8 Å². The summed E-state index contributed by atoms with van der Waals surface area (Å²) in [6.07, 6.45) is 0.287. The van der Waals surface area contributed by atoms with Gasteiger partial charge in [-0.1, -0.05) is 6.58 Å². The second-order valence-electron chi connectivity index (χ2n) is 1.91. The zero-order chi connectivity index (χ0) is 7.56. The normalized spacial score (nSPS) is 24.6. The summed E-state index contributed by atoms with van der Waals surface area (Å²) in [6, 6.07) is 0.